The Kier molecular flexibility index (Phi) is 7.37. The van der Waals surface area contributed by atoms with Crippen molar-refractivity contribution >= 4 is 29.4 Å². The Morgan fingerprint density at radius 2 is 1.89 bits per heavy atom. The van der Waals surface area contributed by atoms with E-state index < -0.39 is 36.2 Å². The number of aliphatic hydroxyl groups excluding tert-OH is 1. The largest absolute Gasteiger partial charge is 0.416 e. The molecule has 3 atom stereocenters. The van der Waals surface area contributed by atoms with Gasteiger partial charge in [0, 0.05) is 24.7 Å². The zero-order valence-electron chi connectivity index (χ0n) is 19.8. The molecule has 194 valence electrons. The van der Waals surface area contributed by atoms with E-state index in [1.807, 2.05) is 0 Å². The number of rotatable bonds is 7. The molecule has 0 spiro atoms. The second-order valence-electron chi connectivity index (χ2n) is 8.50. The van der Waals surface area contributed by atoms with E-state index in [2.05, 4.69) is 20.6 Å². The summed E-state index contributed by atoms with van der Waals surface area (Å²) >= 11 is 6.25. The first-order valence-electron chi connectivity index (χ1n) is 11.3. The molecule has 0 radical (unpaired) electrons. The van der Waals surface area contributed by atoms with E-state index in [-0.39, 0.29) is 17.1 Å². The summed E-state index contributed by atoms with van der Waals surface area (Å²) in [6.45, 7) is 1.50. The first kappa shape index (κ1) is 26.4. The highest BCUT2D eigenvalue weighted by Crippen LogP contribution is 2.33. The predicted octanol–water partition coefficient (Wildman–Crippen LogP) is 3.96. The van der Waals surface area contributed by atoms with E-state index >= 15 is 0 Å². The molecule has 0 saturated carbocycles. The summed E-state index contributed by atoms with van der Waals surface area (Å²) < 4.78 is 40.0. The quantitative estimate of drug-likeness (QED) is 0.424. The second kappa shape index (κ2) is 10.3. The molecule has 0 aliphatic carbocycles. The number of fused-ring (bicyclic) bond motifs is 1. The number of anilines is 1. The molecular weight excluding hydrogens is 511 g/mol. The lowest BCUT2D eigenvalue weighted by atomic mass is 10.0. The van der Waals surface area contributed by atoms with Crippen molar-refractivity contribution in [1.29, 1.82) is 0 Å². The maximum absolute atomic E-state index is 13.3. The number of halogens is 4. The van der Waals surface area contributed by atoms with Crippen molar-refractivity contribution in [2.75, 3.05) is 12.4 Å². The zero-order chi connectivity index (χ0) is 26.9. The summed E-state index contributed by atoms with van der Waals surface area (Å²) in [5, 5.41) is 15.3. The highest BCUT2D eigenvalue weighted by molar-refractivity contribution is 6.33. The molecule has 2 aromatic carbocycles. The Morgan fingerprint density at radius 3 is 2.54 bits per heavy atom. The number of carbonyl (C=O) groups is 2. The fourth-order valence-electron chi connectivity index (χ4n) is 4.08. The molecule has 1 aliphatic heterocycles. The normalized spacial score (nSPS) is 15.6. The average Bonchev–Trinajstić information content (AvgIpc) is 3.22. The zero-order valence-corrected chi connectivity index (χ0v) is 20.5. The van der Waals surface area contributed by atoms with Gasteiger partial charge in [-0.1, -0.05) is 54.1 Å². The highest BCUT2D eigenvalue weighted by Gasteiger charge is 2.45. The van der Waals surface area contributed by atoms with Crippen LogP contribution in [0.3, 0.4) is 0 Å². The van der Waals surface area contributed by atoms with Gasteiger partial charge < -0.3 is 20.6 Å². The Bertz CT molecular complexity index is 1320. The van der Waals surface area contributed by atoms with Crippen molar-refractivity contribution in [2.24, 2.45) is 0 Å². The number of hydrogen-bond acceptors (Lipinski definition) is 6. The van der Waals surface area contributed by atoms with E-state index in [9.17, 15) is 27.9 Å². The number of benzene rings is 2. The van der Waals surface area contributed by atoms with Crippen LogP contribution < -0.4 is 10.6 Å². The minimum Gasteiger partial charge on any atom is -0.381 e. The summed E-state index contributed by atoms with van der Waals surface area (Å²) in [5.74, 6) is -0.964. The molecule has 1 aliphatic rings. The van der Waals surface area contributed by atoms with E-state index in [4.69, 9.17) is 11.6 Å². The van der Waals surface area contributed by atoms with Gasteiger partial charge in [-0.3, -0.25) is 9.59 Å². The number of amides is 2. The van der Waals surface area contributed by atoms with Gasteiger partial charge in [0.1, 0.15) is 6.04 Å². The standard InChI is InChI=1S/C25H23ClF3N5O3/c1-13(22(36)32-20(21(35)25(27,28)29)14-6-4-3-5-7-14)34-12-16-9-8-15(10-17(16)23(34)37)19-18(26)11-31-24(30-2)33-19/h3-11,13,20-21,35H,12H2,1-2H3,(H,32,36)(H,30,31,33). The van der Waals surface area contributed by atoms with Gasteiger partial charge in [-0.2, -0.15) is 13.2 Å². The van der Waals surface area contributed by atoms with E-state index in [1.165, 1.54) is 42.3 Å². The van der Waals surface area contributed by atoms with Crippen LogP contribution in [0.5, 0.6) is 0 Å². The van der Waals surface area contributed by atoms with Crippen molar-refractivity contribution < 1.29 is 27.9 Å². The third kappa shape index (κ3) is 5.37. The second-order valence-corrected chi connectivity index (χ2v) is 8.91. The lowest BCUT2D eigenvalue weighted by Gasteiger charge is -2.30. The number of nitrogens with zero attached hydrogens (tertiary/aromatic N) is 3. The maximum Gasteiger partial charge on any atom is 0.416 e. The fourth-order valence-corrected chi connectivity index (χ4v) is 4.28. The molecule has 37 heavy (non-hydrogen) atoms. The molecule has 2 amide bonds. The van der Waals surface area contributed by atoms with Gasteiger partial charge >= 0.3 is 6.18 Å². The molecule has 0 bridgehead atoms. The molecule has 2 heterocycles. The van der Waals surface area contributed by atoms with Gasteiger partial charge in [-0.15, -0.1) is 0 Å². The number of nitrogens with one attached hydrogen (secondary N) is 2. The Hall–Kier alpha value is -3.70. The van der Waals surface area contributed by atoms with E-state index in [1.54, 1.807) is 31.3 Å². The molecule has 3 unspecified atom stereocenters. The number of aromatic nitrogens is 2. The van der Waals surface area contributed by atoms with Crippen LogP contribution in [0.2, 0.25) is 5.02 Å². The summed E-state index contributed by atoms with van der Waals surface area (Å²) in [4.78, 5) is 35.9. The Balaban J connectivity index is 1.56. The number of alkyl halides is 3. The fraction of sp³-hybridized carbons (Fsp3) is 0.280. The molecule has 3 N–H and O–H groups in total. The smallest absolute Gasteiger partial charge is 0.381 e. The van der Waals surface area contributed by atoms with E-state index in [0.717, 1.165) is 0 Å². The van der Waals surface area contributed by atoms with Crippen LogP contribution in [-0.4, -0.2) is 57.2 Å². The van der Waals surface area contributed by atoms with Crippen LogP contribution in [0.25, 0.3) is 11.3 Å². The first-order valence-corrected chi connectivity index (χ1v) is 11.6. The summed E-state index contributed by atoms with van der Waals surface area (Å²) in [7, 11) is 1.65. The first-order chi connectivity index (χ1) is 17.5. The molecule has 3 aromatic rings. The number of aliphatic hydroxyl groups is 1. The topological polar surface area (TPSA) is 107 Å². The van der Waals surface area contributed by atoms with Crippen molar-refractivity contribution in [3.63, 3.8) is 0 Å². The predicted molar refractivity (Wildman–Crippen MR) is 131 cm³/mol. The molecule has 0 fully saturated rings. The van der Waals surface area contributed by atoms with Crippen LogP contribution in [0, 0.1) is 0 Å². The Labute approximate surface area is 215 Å². The SMILES string of the molecule is CNc1ncc(Cl)c(-c2ccc3c(c2)C(=O)N(C(C)C(=O)NC(c2ccccc2)C(O)C(F)(F)F)C3)n1. The average molecular weight is 534 g/mol. The maximum atomic E-state index is 13.3. The van der Waals surface area contributed by atoms with Crippen molar-refractivity contribution in [3.8, 4) is 11.3 Å². The van der Waals surface area contributed by atoms with Crippen LogP contribution in [-0.2, 0) is 11.3 Å². The monoisotopic (exact) mass is 533 g/mol. The van der Waals surface area contributed by atoms with Gasteiger partial charge in [-0.25, -0.2) is 9.97 Å². The van der Waals surface area contributed by atoms with Gasteiger partial charge in [0.05, 0.1) is 23.0 Å². The van der Waals surface area contributed by atoms with Gasteiger partial charge in [0.2, 0.25) is 11.9 Å². The van der Waals surface area contributed by atoms with Crippen LogP contribution in [0.4, 0.5) is 19.1 Å². The molecule has 8 nitrogen and oxygen atoms in total. The number of hydrogen-bond donors (Lipinski definition) is 3. The van der Waals surface area contributed by atoms with Gasteiger partial charge in [0.25, 0.3) is 5.91 Å². The summed E-state index contributed by atoms with van der Waals surface area (Å²) in [6.07, 6.45) is -6.37. The minimum absolute atomic E-state index is 0.0798. The number of carbonyl (C=O) groups excluding carboxylic acids is 2. The summed E-state index contributed by atoms with van der Waals surface area (Å²) in [5.41, 5.74) is 2.02. The van der Waals surface area contributed by atoms with Gasteiger partial charge in [-0.05, 0) is 24.1 Å². The van der Waals surface area contributed by atoms with Crippen LogP contribution >= 0.6 is 11.6 Å². The molecular formula is C25H23ClF3N5O3. The summed E-state index contributed by atoms with van der Waals surface area (Å²) in [6, 6.07) is 9.55. The van der Waals surface area contributed by atoms with Crippen LogP contribution in [0.1, 0.15) is 34.5 Å². The van der Waals surface area contributed by atoms with Crippen molar-refractivity contribution in [1.82, 2.24) is 20.2 Å². The molecule has 12 heteroatoms. The third-order valence-corrected chi connectivity index (χ3v) is 6.41. The van der Waals surface area contributed by atoms with Crippen molar-refractivity contribution in [2.45, 2.75) is 37.8 Å². The third-order valence-electron chi connectivity index (χ3n) is 6.14. The molecule has 1 aromatic heterocycles. The van der Waals surface area contributed by atoms with Crippen LogP contribution in [0.15, 0.2) is 54.7 Å². The lowest BCUT2D eigenvalue weighted by Crippen LogP contribution is -2.50. The molecule has 4 rings (SSSR count). The molecule has 0 saturated heterocycles. The minimum atomic E-state index is -4.97. The van der Waals surface area contributed by atoms with Crippen molar-refractivity contribution in [3.05, 3.63) is 76.4 Å². The Morgan fingerprint density at radius 1 is 1.19 bits per heavy atom. The highest BCUT2D eigenvalue weighted by atomic mass is 35.5. The van der Waals surface area contributed by atoms with Gasteiger partial charge in [0.15, 0.2) is 6.10 Å². The van der Waals surface area contributed by atoms with E-state index in [0.29, 0.717) is 28.3 Å². The lowest BCUT2D eigenvalue weighted by molar-refractivity contribution is -0.213.